The molecule has 164 valence electrons. The summed E-state index contributed by atoms with van der Waals surface area (Å²) >= 11 is 1.10. The summed E-state index contributed by atoms with van der Waals surface area (Å²) in [4.78, 5) is 35.7. The van der Waals surface area contributed by atoms with Gasteiger partial charge in [-0.25, -0.2) is 0 Å². The molecule has 3 N–H and O–H groups in total. The van der Waals surface area contributed by atoms with Gasteiger partial charge in [0.2, 0.25) is 5.13 Å². The van der Waals surface area contributed by atoms with E-state index in [4.69, 9.17) is 0 Å². The molecular weight excluding hydrogens is 446 g/mol. The van der Waals surface area contributed by atoms with Crippen molar-refractivity contribution in [2.75, 3.05) is 10.6 Å². The van der Waals surface area contributed by atoms with E-state index in [-0.39, 0.29) is 33.4 Å². The van der Waals surface area contributed by atoms with Crippen LogP contribution in [0, 0.1) is 10.1 Å². The van der Waals surface area contributed by atoms with Crippen molar-refractivity contribution in [3.05, 3.63) is 94.0 Å². The molecule has 4 rings (SSSR count). The van der Waals surface area contributed by atoms with Crippen molar-refractivity contribution in [3.8, 4) is 16.3 Å². The molecule has 0 fully saturated rings. The minimum absolute atomic E-state index is 0.0423. The molecule has 2 amide bonds. The van der Waals surface area contributed by atoms with Crippen LogP contribution in [0.1, 0.15) is 20.7 Å². The fraction of sp³-hybridized carbons (Fsp3) is 0. The summed E-state index contributed by atoms with van der Waals surface area (Å²) in [6.45, 7) is 0. The molecule has 0 unspecified atom stereocenters. The van der Waals surface area contributed by atoms with Crippen LogP contribution in [0.15, 0.2) is 72.8 Å². The Hall–Kier alpha value is -4.64. The molecule has 0 radical (unpaired) electrons. The number of carbonyl (C=O) groups excluding carboxylic acids is 2. The quantitative estimate of drug-likeness (QED) is 0.286. The number of nitrogens with one attached hydrogen (secondary N) is 2. The zero-order valence-corrected chi connectivity index (χ0v) is 17.6. The van der Waals surface area contributed by atoms with E-state index in [1.54, 1.807) is 42.5 Å². The van der Waals surface area contributed by atoms with E-state index in [1.807, 2.05) is 0 Å². The Balaban J connectivity index is 1.50. The minimum atomic E-state index is -0.565. The van der Waals surface area contributed by atoms with Gasteiger partial charge in [-0.2, -0.15) is 0 Å². The fourth-order valence-corrected chi connectivity index (χ4v) is 3.67. The van der Waals surface area contributed by atoms with Gasteiger partial charge in [-0.15, -0.1) is 10.2 Å². The second-order valence-corrected chi connectivity index (χ2v) is 7.66. The molecule has 11 heteroatoms. The van der Waals surface area contributed by atoms with Crippen molar-refractivity contribution in [3.63, 3.8) is 0 Å². The first kappa shape index (κ1) is 21.6. The third-order valence-electron chi connectivity index (χ3n) is 4.54. The predicted octanol–water partition coefficient (Wildman–Crippen LogP) is 4.32. The van der Waals surface area contributed by atoms with Crippen molar-refractivity contribution >= 4 is 39.7 Å². The lowest BCUT2D eigenvalue weighted by molar-refractivity contribution is -0.384. The number of nitro groups is 1. The van der Waals surface area contributed by atoms with Crippen molar-refractivity contribution in [2.45, 2.75) is 0 Å². The summed E-state index contributed by atoms with van der Waals surface area (Å²) in [6, 6.07) is 18.3. The lowest BCUT2D eigenvalue weighted by Crippen LogP contribution is -2.18. The standard InChI is InChI=1S/C22H15N5O5S/c28-18-8-4-2-6-16(18)20(30)23-17-7-3-1-5-15(17)19(29)24-22-26-25-21(33-22)13-9-11-14(12-10-13)27(31)32/h1-12,28H,(H,23,30)(H,24,26,29). The topological polar surface area (TPSA) is 147 Å². The van der Waals surface area contributed by atoms with E-state index < -0.39 is 16.7 Å². The number of aromatic hydroxyl groups is 1. The summed E-state index contributed by atoms with van der Waals surface area (Å²) in [5.41, 5.74) is 1.09. The smallest absolute Gasteiger partial charge is 0.269 e. The first-order chi connectivity index (χ1) is 15.9. The van der Waals surface area contributed by atoms with Gasteiger partial charge in [-0.05, 0) is 36.4 Å². The van der Waals surface area contributed by atoms with Crippen LogP contribution < -0.4 is 10.6 Å². The maximum atomic E-state index is 12.8. The number of rotatable bonds is 6. The predicted molar refractivity (Wildman–Crippen MR) is 122 cm³/mol. The van der Waals surface area contributed by atoms with Gasteiger partial charge in [-0.1, -0.05) is 35.6 Å². The van der Waals surface area contributed by atoms with Crippen LogP contribution in [-0.2, 0) is 0 Å². The Kier molecular flexibility index (Phi) is 6.04. The van der Waals surface area contributed by atoms with Gasteiger partial charge in [0.15, 0.2) is 0 Å². The monoisotopic (exact) mass is 461 g/mol. The molecule has 4 aromatic rings. The van der Waals surface area contributed by atoms with E-state index in [1.165, 1.54) is 30.3 Å². The first-order valence-corrected chi connectivity index (χ1v) is 10.3. The van der Waals surface area contributed by atoms with E-state index >= 15 is 0 Å². The molecule has 0 saturated heterocycles. The molecule has 1 heterocycles. The zero-order chi connectivity index (χ0) is 23.4. The number of carbonyl (C=O) groups is 2. The largest absolute Gasteiger partial charge is 0.507 e. The molecular formula is C22H15N5O5S. The Morgan fingerprint density at radius 3 is 2.18 bits per heavy atom. The molecule has 0 aliphatic carbocycles. The zero-order valence-electron chi connectivity index (χ0n) is 16.8. The molecule has 10 nitrogen and oxygen atoms in total. The number of phenolic OH excluding ortho intramolecular Hbond substituents is 1. The number of phenols is 1. The van der Waals surface area contributed by atoms with Crippen molar-refractivity contribution < 1.29 is 19.6 Å². The number of benzene rings is 3. The van der Waals surface area contributed by atoms with E-state index in [0.717, 1.165) is 11.3 Å². The average molecular weight is 461 g/mol. The van der Waals surface area contributed by atoms with Gasteiger partial charge >= 0.3 is 0 Å². The summed E-state index contributed by atoms with van der Waals surface area (Å²) in [6.07, 6.45) is 0. The van der Waals surface area contributed by atoms with Crippen molar-refractivity contribution in [2.24, 2.45) is 0 Å². The van der Waals surface area contributed by atoms with Crippen LogP contribution in [0.5, 0.6) is 5.75 Å². The molecule has 1 aromatic heterocycles. The Morgan fingerprint density at radius 2 is 1.48 bits per heavy atom. The summed E-state index contributed by atoms with van der Waals surface area (Å²) in [5, 5.41) is 34.6. The Labute approximate surface area is 190 Å². The molecule has 0 aliphatic heterocycles. The summed E-state index contributed by atoms with van der Waals surface area (Å²) < 4.78 is 0. The van der Waals surface area contributed by atoms with E-state index in [2.05, 4.69) is 20.8 Å². The molecule has 0 aliphatic rings. The molecule has 3 aromatic carbocycles. The maximum absolute atomic E-state index is 12.8. The molecule has 0 bridgehead atoms. The van der Waals surface area contributed by atoms with Gasteiger partial charge in [0.25, 0.3) is 17.5 Å². The van der Waals surface area contributed by atoms with Gasteiger partial charge in [0, 0.05) is 17.7 Å². The van der Waals surface area contributed by atoms with Gasteiger partial charge in [0.1, 0.15) is 10.8 Å². The Morgan fingerprint density at radius 1 is 0.848 bits per heavy atom. The number of para-hydroxylation sites is 2. The number of hydrogen-bond acceptors (Lipinski definition) is 8. The molecule has 0 spiro atoms. The normalized spacial score (nSPS) is 10.4. The van der Waals surface area contributed by atoms with Crippen LogP contribution in [0.4, 0.5) is 16.5 Å². The van der Waals surface area contributed by atoms with Crippen LogP contribution in [-0.4, -0.2) is 32.0 Å². The first-order valence-electron chi connectivity index (χ1n) is 9.50. The van der Waals surface area contributed by atoms with Crippen LogP contribution in [0.3, 0.4) is 0 Å². The second-order valence-electron chi connectivity index (χ2n) is 6.69. The second kappa shape index (κ2) is 9.24. The number of nitro benzene ring substituents is 1. The summed E-state index contributed by atoms with van der Waals surface area (Å²) in [7, 11) is 0. The lowest BCUT2D eigenvalue weighted by Gasteiger charge is -2.11. The van der Waals surface area contributed by atoms with Gasteiger partial charge in [-0.3, -0.25) is 25.0 Å². The average Bonchev–Trinajstić information content (AvgIpc) is 3.28. The lowest BCUT2D eigenvalue weighted by atomic mass is 10.1. The third-order valence-corrected chi connectivity index (χ3v) is 5.43. The van der Waals surface area contributed by atoms with Crippen LogP contribution >= 0.6 is 11.3 Å². The van der Waals surface area contributed by atoms with Gasteiger partial charge in [0.05, 0.1) is 21.7 Å². The molecule has 0 atom stereocenters. The minimum Gasteiger partial charge on any atom is -0.507 e. The number of anilines is 2. The van der Waals surface area contributed by atoms with Crippen LogP contribution in [0.25, 0.3) is 10.6 Å². The van der Waals surface area contributed by atoms with Crippen LogP contribution in [0.2, 0.25) is 0 Å². The highest BCUT2D eigenvalue weighted by molar-refractivity contribution is 7.18. The van der Waals surface area contributed by atoms with Gasteiger partial charge < -0.3 is 10.4 Å². The third kappa shape index (κ3) is 4.83. The maximum Gasteiger partial charge on any atom is 0.269 e. The Bertz CT molecular complexity index is 1350. The highest BCUT2D eigenvalue weighted by atomic mass is 32.1. The number of aromatic nitrogens is 2. The highest BCUT2D eigenvalue weighted by Gasteiger charge is 2.18. The van der Waals surface area contributed by atoms with Crippen molar-refractivity contribution in [1.82, 2.24) is 10.2 Å². The summed E-state index contributed by atoms with van der Waals surface area (Å²) in [5.74, 6) is -1.26. The number of hydrogen-bond donors (Lipinski definition) is 3. The van der Waals surface area contributed by atoms with Crippen molar-refractivity contribution in [1.29, 1.82) is 0 Å². The number of non-ortho nitro benzene ring substituents is 1. The molecule has 33 heavy (non-hydrogen) atoms. The van der Waals surface area contributed by atoms with E-state index in [0.29, 0.717) is 10.6 Å². The van der Waals surface area contributed by atoms with E-state index in [9.17, 15) is 24.8 Å². The number of amides is 2. The number of nitrogens with zero attached hydrogens (tertiary/aromatic N) is 3. The highest BCUT2D eigenvalue weighted by Crippen LogP contribution is 2.28. The SMILES string of the molecule is O=C(Nc1ccccc1C(=O)Nc1nnc(-c2ccc([N+](=O)[O-])cc2)s1)c1ccccc1O. The fourth-order valence-electron chi connectivity index (χ4n) is 2.93. The molecule has 0 saturated carbocycles.